The number of ether oxygens (including phenoxy) is 2. The Morgan fingerprint density at radius 3 is 2.89 bits per heavy atom. The molecule has 0 atom stereocenters. The Balaban J connectivity index is 1.82. The van der Waals surface area contributed by atoms with Gasteiger partial charge in [-0.3, -0.25) is 4.90 Å². The molecule has 1 fully saturated rings. The van der Waals surface area contributed by atoms with E-state index in [-0.39, 0.29) is 0 Å². The van der Waals surface area contributed by atoms with E-state index in [1.165, 1.54) is 6.33 Å². The lowest BCUT2D eigenvalue weighted by molar-refractivity contribution is 0.0398. The van der Waals surface area contributed by atoms with Gasteiger partial charge in [0, 0.05) is 26.2 Å². The number of nitrogens with zero attached hydrogens (tertiary/aromatic N) is 3. The van der Waals surface area contributed by atoms with Crippen LogP contribution in [0, 0.1) is 6.92 Å². The highest BCUT2D eigenvalue weighted by atomic mass is 16.5. The van der Waals surface area contributed by atoms with Crippen LogP contribution < -0.4 is 10.1 Å². The number of morpholine rings is 1. The minimum Gasteiger partial charge on any atom is -0.481 e. The molecule has 0 bridgehead atoms. The maximum atomic E-state index is 5.31. The molecular weight excluding hydrogens is 232 g/mol. The van der Waals surface area contributed by atoms with Gasteiger partial charge in [-0.15, -0.1) is 0 Å². The van der Waals surface area contributed by atoms with Crippen LogP contribution >= 0.6 is 0 Å². The van der Waals surface area contributed by atoms with Crippen molar-refractivity contribution >= 4 is 5.82 Å². The van der Waals surface area contributed by atoms with Gasteiger partial charge in [-0.25, -0.2) is 9.97 Å². The standard InChI is InChI=1S/C12H20N4O2/c1-10-11(14-9-15-12(10)17-2)13-3-4-16-5-7-18-8-6-16/h9H,3-8H2,1-2H3,(H,13,14,15). The molecular formula is C12H20N4O2. The summed E-state index contributed by atoms with van der Waals surface area (Å²) in [5.74, 6) is 1.47. The maximum Gasteiger partial charge on any atom is 0.221 e. The zero-order valence-corrected chi connectivity index (χ0v) is 11.0. The van der Waals surface area contributed by atoms with Gasteiger partial charge < -0.3 is 14.8 Å². The Hall–Kier alpha value is -1.40. The van der Waals surface area contributed by atoms with E-state index in [9.17, 15) is 0 Å². The van der Waals surface area contributed by atoms with Crippen LogP contribution in [0.1, 0.15) is 5.56 Å². The second-order valence-electron chi connectivity index (χ2n) is 4.24. The first-order chi connectivity index (χ1) is 8.81. The fraction of sp³-hybridized carbons (Fsp3) is 0.667. The minimum absolute atomic E-state index is 0.624. The fourth-order valence-corrected chi connectivity index (χ4v) is 1.98. The molecule has 100 valence electrons. The van der Waals surface area contributed by atoms with Crippen molar-refractivity contribution in [1.29, 1.82) is 0 Å². The quantitative estimate of drug-likeness (QED) is 0.825. The molecule has 0 saturated carbocycles. The summed E-state index contributed by atoms with van der Waals surface area (Å²) in [6.45, 7) is 7.49. The van der Waals surface area contributed by atoms with Crippen molar-refractivity contribution in [1.82, 2.24) is 14.9 Å². The molecule has 0 spiro atoms. The van der Waals surface area contributed by atoms with Crippen LogP contribution in [0.15, 0.2) is 6.33 Å². The molecule has 1 saturated heterocycles. The summed E-state index contributed by atoms with van der Waals surface area (Å²) in [6.07, 6.45) is 1.52. The van der Waals surface area contributed by atoms with Crippen molar-refractivity contribution in [2.45, 2.75) is 6.92 Å². The minimum atomic E-state index is 0.624. The van der Waals surface area contributed by atoms with E-state index in [0.717, 1.165) is 50.8 Å². The average molecular weight is 252 g/mol. The number of methoxy groups -OCH3 is 1. The van der Waals surface area contributed by atoms with Crippen molar-refractivity contribution in [2.75, 3.05) is 51.8 Å². The molecule has 0 aromatic carbocycles. The lowest BCUT2D eigenvalue weighted by atomic mass is 10.3. The van der Waals surface area contributed by atoms with E-state index < -0.39 is 0 Å². The number of aromatic nitrogens is 2. The van der Waals surface area contributed by atoms with Gasteiger partial charge >= 0.3 is 0 Å². The van der Waals surface area contributed by atoms with Crippen LogP contribution in [0.25, 0.3) is 0 Å². The summed E-state index contributed by atoms with van der Waals surface area (Å²) in [7, 11) is 1.62. The zero-order chi connectivity index (χ0) is 12.8. The van der Waals surface area contributed by atoms with E-state index in [1.54, 1.807) is 7.11 Å². The summed E-state index contributed by atoms with van der Waals surface area (Å²) in [5, 5.41) is 3.32. The van der Waals surface area contributed by atoms with Crippen LogP contribution in [0.5, 0.6) is 5.88 Å². The van der Waals surface area contributed by atoms with Gasteiger partial charge in [0.05, 0.1) is 25.9 Å². The van der Waals surface area contributed by atoms with Gasteiger partial charge in [0.2, 0.25) is 5.88 Å². The molecule has 18 heavy (non-hydrogen) atoms. The van der Waals surface area contributed by atoms with Crippen LogP contribution in [0.2, 0.25) is 0 Å². The first-order valence-corrected chi connectivity index (χ1v) is 6.21. The highest BCUT2D eigenvalue weighted by molar-refractivity contribution is 5.47. The highest BCUT2D eigenvalue weighted by Crippen LogP contribution is 2.19. The van der Waals surface area contributed by atoms with Gasteiger partial charge in [0.1, 0.15) is 12.1 Å². The molecule has 1 aromatic heterocycles. The predicted molar refractivity (Wildman–Crippen MR) is 69.1 cm³/mol. The molecule has 0 unspecified atom stereocenters. The van der Waals surface area contributed by atoms with E-state index >= 15 is 0 Å². The second kappa shape index (κ2) is 6.51. The predicted octanol–water partition coefficient (Wildman–Crippen LogP) is 0.538. The van der Waals surface area contributed by atoms with E-state index in [1.807, 2.05) is 6.92 Å². The number of rotatable bonds is 5. The summed E-state index contributed by atoms with van der Waals surface area (Å²) in [5.41, 5.74) is 0.946. The summed E-state index contributed by atoms with van der Waals surface area (Å²) >= 11 is 0. The third-order valence-corrected chi connectivity index (χ3v) is 3.06. The summed E-state index contributed by atoms with van der Waals surface area (Å²) in [4.78, 5) is 10.7. The Labute approximate surface area is 107 Å². The number of hydrogen-bond donors (Lipinski definition) is 1. The first-order valence-electron chi connectivity index (χ1n) is 6.21. The number of anilines is 1. The molecule has 1 N–H and O–H groups in total. The Morgan fingerprint density at radius 2 is 2.17 bits per heavy atom. The zero-order valence-electron chi connectivity index (χ0n) is 11.0. The van der Waals surface area contributed by atoms with E-state index in [2.05, 4.69) is 20.2 Å². The van der Waals surface area contributed by atoms with Crippen LogP contribution in [0.4, 0.5) is 5.82 Å². The SMILES string of the molecule is COc1ncnc(NCCN2CCOCC2)c1C. The second-order valence-corrected chi connectivity index (χ2v) is 4.24. The highest BCUT2D eigenvalue weighted by Gasteiger charge is 2.10. The average Bonchev–Trinajstić information content (AvgIpc) is 2.42. The molecule has 0 aliphatic carbocycles. The largest absolute Gasteiger partial charge is 0.481 e. The summed E-state index contributed by atoms with van der Waals surface area (Å²) in [6, 6.07) is 0. The molecule has 6 heteroatoms. The van der Waals surface area contributed by atoms with E-state index in [4.69, 9.17) is 9.47 Å². The molecule has 2 rings (SSSR count). The van der Waals surface area contributed by atoms with Gasteiger partial charge in [-0.05, 0) is 6.92 Å². The molecule has 6 nitrogen and oxygen atoms in total. The van der Waals surface area contributed by atoms with Gasteiger partial charge in [0.25, 0.3) is 0 Å². The monoisotopic (exact) mass is 252 g/mol. The maximum absolute atomic E-state index is 5.31. The molecule has 0 radical (unpaired) electrons. The van der Waals surface area contributed by atoms with Crippen molar-refractivity contribution < 1.29 is 9.47 Å². The van der Waals surface area contributed by atoms with E-state index in [0.29, 0.717) is 5.88 Å². The number of nitrogens with one attached hydrogen (secondary N) is 1. The first kappa shape index (κ1) is 13.0. The van der Waals surface area contributed by atoms with Gasteiger partial charge in [0.15, 0.2) is 0 Å². The molecule has 1 aliphatic rings. The summed E-state index contributed by atoms with van der Waals surface area (Å²) < 4.78 is 10.5. The van der Waals surface area contributed by atoms with Crippen molar-refractivity contribution in [2.24, 2.45) is 0 Å². The Morgan fingerprint density at radius 1 is 1.39 bits per heavy atom. The normalized spacial score (nSPS) is 16.6. The molecule has 1 aliphatic heterocycles. The van der Waals surface area contributed by atoms with Crippen LogP contribution in [0.3, 0.4) is 0 Å². The molecule has 1 aromatic rings. The van der Waals surface area contributed by atoms with Gasteiger partial charge in [-0.1, -0.05) is 0 Å². The third-order valence-electron chi connectivity index (χ3n) is 3.06. The molecule has 2 heterocycles. The Kier molecular flexibility index (Phi) is 4.72. The van der Waals surface area contributed by atoms with Crippen LogP contribution in [-0.4, -0.2) is 61.4 Å². The lowest BCUT2D eigenvalue weighted by Crippen LogP contribution is -2.39. The fourth-order valence-electron chi connectivity index (χ4n) is 1.98. The molecule has 0 amide bonds. The Bertz CT molecular complexity index is 380. The third kappa shape index (κ3) is 3.30. The topological polar surface area (TPSA) is 59.5 Å². The van der Waals surface area contributed by atoms with Crippen molar-refractivity contribution in [3.8, 4) is 5.88 Å². The smallest absolute Gasteiger partial charge is 0.221 e. The van der Waals surface area contributed by atoms with Crippen molar-refractivity contribution in [3.05, 3.63) is 11.9 Å². The van der Waals surface area contributed by atoms with Crippen molar-refractivity contribution in [3.63, 3.8) is 0 Å². The lowest BCUT2D eigenvalue weighted by Gasteiger charge is -2.26. The van der Waals surface area contributed by atoms with Gasteiger partial charge in [-0.2, -0.15) is 0 Å². The number of hydrogen-bond acceptors (Lipinski definition) is 6. The van der Waals surface area contributed by atoms with Crippen LogP contribution in [-0.2, 0) is 4.74 Å².